The number of carbonyl (C=O) groups excluding carboxylic acids is 2. The molecular weight excluding hydrogens is 462 g/mol. The number of hydrogen-bond donors (Lipinski definition) is 2. The van der Waals surface area contributed by atoms with Crippen LogP contribution in [0.1, 0.15) is 41.8 Å². The molecule has 184 valence electrons. The number of sulfonamides is 1. The summed E-state index contributed by atoms with van der Waals surface area (Å²) >= 11 is 0. The zero-order valence-corrected chi connectivity index (χ0v) is 21.2. The van der Waals surface area contributed by atoms with Crippen molar-refractivity contribution >= 4 is 33.2 Å². The van der Waals surface area contributed by atoms with Gasteiger partial charge in [-0.1, -0.05) is 54.4 Å². The van der Waals surface area contributed by atoms with E-state index >= 15 is 0 Å². The summed E-state index contributed by atoms with van der Waals surface area (Å²) in [6.45, 7) is 7.18. The second-order valence-corrected chi connectivity index (χ2v) is 10.4. The number of nitrogens with one attached hydrogen (secondary N) is 2. The fourth-order valence-electron chi connectivity index (χ4n) is 3.38. The molecular formula is C27H31N3O4S. The first-order chi connectivity index (χ1) is 16.6. The van der Waals surface area contributed by atoms with Crippen molar-refractivity contribution in [1.82, 2.24) is 5.32 Å². The van der Waals surface area contributed by atoms with E-state index in [1.165, 1.54) is 12.1 Å². The summed E-state index contributed by atoms with van der Waals surface area (Å²) in [6.07, 6.45) is 0.767. The van der Waals surface area contributed by atoms with Crippen molar-refractivity contribution in [3.05, 3.63) is 89.5 Å². The lowest BCUT2D eigenvalue weighted by Gasteiger charge is -2.24. The maximum absolute atomic E-state index is 13.5. The topological polar surface area (TPSA) is 95.6 Å². The Bertz CT molecular complexity index is 1290. The Balaban J connectivity index is 1.90. The number of rotatable bonds is 9. The van der Waals surface area contributed by atoms with Gasteiger partial charge in [-0.05, 0) is 63.6 Å². The molecule has 2 amide bonds. The van der Waals surface area contributed by atoms with E-state index in [0.29, 0.717) is 16.9 Å². The first-order valence-corrected chi connectivity index (χ1v) is 12.9. The van der Waals surface area contributed by atoms with Crippen LogP contribution in [0.5, 0.6) is 0 Å². The van der Waals surface area contributed by atoms with E-state index in [1.54, 1.807) is 60.7 Å². The second kappa shape index (κ2) is 11.2. The van der Waals surface area contributed by atoms with Crippen LogP contribution in [0.4, 0.5) is 11.4 Å². The molecule has 0 heterocycles. The smallest absolute Gasteiger partial charge is 0.264 e. The molecule has 0 spiro atoms. The molecule has 2 N–H and O–H groups in total. The molecule has 8 heteroatoms. The second-order valence-electron chi connectivity index (χ2n) is 8.54. The van der Waals surface area contributed by atoms with E-state index in [9.17, 15) is 18.0 Å². The number of aryl methyl sites for hydroxylation is 2. The molecule has 0 aliphatic carbocycles. The van der Waals surface area contributed by atoms with Gasteiger partial charge in [-0.15, -0.1) is 0 Å². The molecule has 0 radical (unpaired) electrons. The van der Waals surface area contributed by atoms with E-state index in [1.807, 2.05) is 27.7 Å². The van der Waals surface area contributed by atoms with Crippen molar-refractivity contribution in [3.8, 4) is 0 Å². The van der Waals surface area contributed by atoms with Crippen molar-refractivity contribution in [2.24, 2.45) is 0 Å². The average Bonchev–Trinajstić information content (AvgIpc) is 2.83. The monoisotopic (exact) mass is 493 g/mol. The summed E-state index contributed by atoms with van der Waals surface area (Å²) in [5, 5.41) is 5.61. The average molecular weight is 494 g/mol. The van der Waals surface area contributed by atoms with Gasteiger partial charge >= 0.3 is 0 Å². The lowest BCUT2D eigenvalue weighted by Crippen LogP contribution is -2.38. The largest absolute Gasteiger partial charge is 0.350 e. The summed E-state index contributed by atoms with van der Waals surface area (Å²) in [7, 11) is -4.02. The van der Waals surface area contributed by atoms with Crippen LogP contribution >= 0.6 is 0 Å². The van der Waals surface area contributed by atoms with E-state index in [0.717, 1.165) is 21.9 Å². The number of nitrogens with zero attached hydrogens (tertiary/aromatic N) is 1. The van der Waals surface area contributed by atoms with Crippen LogP contribution < -0.4 is 14.9 Å². The van der Waals surface area contributed by atoms with Gasteiger partial charge in [0.05, 0.1) is 21.8 Å². The first-order valence-electron chi connectivity index (χ1n) is 11.5. The SMILES string of the molecule is CC[C@@H](C)NC(=O)c1ccccc1NC(=O)CN(c1ccc(C)cc1)S(=O)(=O)c1ccc(C)cc1. The minimum Gasteiger partial charge on any atom is -0.350 e. The fourth-order valence-corrected chi connectivity index (χ4v) is 4.80. The third kappa shape index (κ3) is 6.48. The number of carbonyl (C=O) groups is 2. The molecule has 3 aromatic rings. The highest BCUT2D eigenvalue weighted by Gasteiger charge is 2.27. The minimum absolute atomic E-state index is 0.0251. The van der Waals surface area contributed by atoms with Crippen LogP contribution in [0.2, 0.25) is 0 Å². The molecule has 3 rings (SSSR count). The molecule has 0 aliphatic heterocycles. The Morgan fingerprint density at radius 1 is 0.886 bits per heavy atom. The van der Waals surface area contributed by atoms with Gasteiger partial charge in [0.1, 0.15) is 6.54 Å². The highest BCUT2D eigenvalue weighted by Crippen LogP contribution is 2.25. The van der Waals surface area contributed by atoms with Crippen molar-refractivity contribution < 1.29 is 18.0 Å². The van der Waals surface area contributed by atoms with Gasteiger partial charge in [-0.2, -0.15) is 0 Å². The number of amides is 2. The van der Waals surface area contributed by atoms with Crippen LogP contribution in [-0.2, 0) is 14.8 Å². The maximum Gasteiger partial charge on any atom is 0.264 e. The highest BCUT2D eigenvalue weighted by molar-refractivity contribution is 7.92. The molecule has 0 saturated carbocycles. The lowest BCUT2D eigenvalue weighted by atomic mass is 10.1. The van der Waals surface area contributed by atoms with Crippen LogP contribution in [0.15, 0.2) is 77.7 Å². The van der Waals surface area contributed by atoms with Crippen molar-refractivity contribution in [2.75, 3.05) is 16.2 Å². The lowest BCUT2D eigenvalue weighted by molar-refractivity contribution is -0.114. The molecule has 3 aromatic carbocycles. The van der Waals surface area contributed by atoms with Crippen LogP contribution in [0.25, 0.3) is 0 Å². The summed E-state index contributed by atoms with van der Waals surface area (Å²) in [5.74, 6) is -0.872. The van der Waals surface area contributed by atoms with Gasteiger partial charge < -0.3 is 10.6 Å². The summed E-state index contributed by atoms with van der Waals surface area (Å²) in [6, 6.07) is 20.0. The molecule has 35 heavy (non-hydrogen) atoms. The Kier molecular flexibility index (Phi) is 8.30. The van der Waals surface area contributed by atoms with Crippen molar-refractivity contribution in [1.29, 1.82) is 0 Å². The zero-order chi connectivity index (χ0) is 25.6. The van der Waals surface area contributed by atoms with Gasteiger partial charge in [-0.25, -0.2) is 8.42 Å². The number of benzene rings is 3. The van der Waals surface area contributed by atoms with E-state index in [-0.39, 0.29) is 16.8 Å². The van der Waals surface area contributed by atoms with Gasteiger partial charge in [0.25, 0.3) is 15.9 Å². The number of anilines is 2. The molecule has 7 nitrogen and oxygen atoms in total. The summed E-state index contributed by atoms with van der Waals surface area (Å²) < 4.78 is 28.1. The quantitative estimate of drug-likeness (QED) is 0.453. The molecule has 0 saturated heterocycles. The standard InChI is InChI=1S/C27H31N3O4S/c1-5-21(4)28-27(32)24-8-6-7-9-25(24)29-26(31)18-30(22-14-10-19(2)11-15-22)35(33,34)23-16-12-20(3)13-17-23/h6-17,21H,5,18H2,1-4H3,(H,28,32)(H,29,31)/t21-/m1/s1. The zero-order valence-electron chi connectivity index (χ0n) is 20.4. The molecule has 0 bridgehead atoms. The molecule has 0 unspecified atom stereocenters. The van der Waals surface area contributed by atoms with E-state index in [2.05, 4.69) is 10.6 Å². The predicted molar refractivity (Wildman–Crippen MR) is 139 cm³/mol. The molecule has 0 aliphatic rings. The van der Waals surface area contributed by atoms with Crippen LogP contribution in [0, 0.1) is 13.8 Å². The third-order valence-electron chi connectivity index (χ3n) is 5.65. The Hall–Kier alpha value is -3.65. The van der Waals surface area contributed by atoms with E-state index in [4.69, 9.17) is 0 Å². The molecule has 0 fully saturated rings. The number of hydrogen-bond acceptors (Lipinski definition) is 4. The Morgan fingerprint density at radius 3 is 2.06 bits per heavy atom. The molecule has 0 aromatic heterocycles. The normalized spacial score (nSPS) is 12.0. The van der Waals surface area contributed by atoms with Crippen LogP contribution in [-0.4, -0.2) is 32.8 Å². The Labute approximate surface area is 207 Å². The maximum atomic E-state index is 13.5. The fraction of sp³-hybridized carbons (Fsp3) is 0.259. The van der Waals surface area contributed by atoms with Gasteiger partial charge in [0, 0.05) is 6.04 Å². The van der Waals surface area contributed by atoms with E-state index < -0.39 is 22.5 Å². The minimum atomic E-state index is -4.02. The van der Waals surface area contributed by atoms with Crippen LogP contribution in [0.3, 0.4) is 0 Å². The summed E-state index contributed by atoms with van der Waals surface area (Å²) in [4.78, 5) is 25.9. The van der Waals surface area contributed by atoms with Gasteiger partial charge in [-0.3, -0.25) is 13.9 Å². The van der Waals surface area contributed by atoms with Crippen molar-refractivity contribution in [2.45, 2.75) is 45.1 Å². The molecule has 1 atom stereocenters. The van der Waals surface area contributed by atoms with Gasteiger partial charge in [0.15, 0.2) is 0 Å². The highest BCUT2D eigenvalue weighted by atomic mass is 32.2. The first kappa shape index (κ1) is 26.0. The summed E-state index contributed by atoms with van der Waals surface area (Å²) in [5.41, 5.74) is 2.89. The van der Waals surface area contributed by atoms with Gasteiger partial charge in [0.2, 0.25) is 5.91 Å². The predicted octanol–water partition coefficient (Wildman–Crippen LogP) is 4.67. The van der Waals surface area contributed by atoms with Crippen molar-refractivity contribution in [3.63, 3.8) is 0 Å². The number of para-hydroxylation sites is 1. The third-order valence-corrected chi connectivity index (χ3v) is 7.44. The Morgan fingerprint density at radius 2 is 1.46 bits per heavy atom.